The molecule has 1 aromatic heterocycles. The highest BCUT2D eigenvalue weighted by Gasteiger charge is 2.07. The molecule has 0 aliphatic heterocycles. The largest absolute Gasteiger partial charge is 0.421 e. The van der Waals surface area contributed by atoms with E-state index in [1.807, 2.05) is 0 Å². The van der Waals surface area contributed by atoms with Gasteiger partial charge in [0.2, 0.25) is 11.8 Å². The van der Waals surface area contributed by atoms with Gasteiger partial charge in [-0.15, -0.1) is 10.2 Å². The Morgan fingerprint density at radius 3 is 2.71 bits per heavy atom. The van der Waals surface area contributed by atoms with Gasteiger partial charge in [-0.25, -0.2) is 4.39 Å². The molecular formula is C9H8FN3O. The van der Waals surface area contributed by atoms with Crippen molar-refractivity contribution in [1.82, 2.24) is 10.2 Å². The molecule has 0 saturated carbocycles. The maximum Gasteiger partial charge on any atom is 0.247 e. The zero-order valence-electron chi connectivity index (χ0n) is 7.49. The Hall–Kier alpha value is -1.91. The van der Waals surface area contributed by atoms with Gasteiger partial charge < -0.3 is 10.2 Å². The van der Waals surface area contributed by atoms with Gasteiger partial charge in [0.25, 0.3) is 0 Å². The summed E-state index contributed by atoms with van der Waals surface area (Å²) in [6.45, 7) is 1.68. The van der Waals surface area contributed by atoms with E-state index >= 15 is 0 Å². The highest BCUT2D eigenvalue weighted by molar-refractivity contribution is 5.59. The molecule has 0 amide bonds. The lowest BCUT2D eigenvalue weighted by Crippen LogP contribution is -1.90. The summed E-state index contributed by atoms with van der Waals surface area (Å²) in [4.78, 5) is 0. The number of nitrogens with two attached hydrogens (primary N) is 1. The van der Waals surface area contributed by atoms with E-state index in [9.17, 15) is 4.39 Å². The van der Waals surface area contributed by atoms with Gasteiger partial charge in [-0.1, -0.05) is 0 Å². The number of hydrogen-bond donors (Lipinski definition) is 1. The lowest BCUT2D eigenvalue weighted by Gasteiger charge is -1.97. The third kappa shape index (κ3) is 1.44. The van der Waals surface area contributed by atoms with Gasteiger partial charge >= 0.3 is 0 Å². The van der Waals surface area contributed by atoms with Crippen LogP contribution >= 0.6 is 0 Å². The predicted molar refractivity (Wildman–Crippen MR) is 48.8 cm³/mol. The van der Waals surface area contributed by atoms with Gasteiger partial charge in [0.05, 0.1) is 5.69 Å². The van der Waals surface area contributed by atoms with E-state index in [-0.39, 0.29) is 5.69 Å². The second kappa shape index (κ2) is 3.10. The number of aryl methyl sites for hydroxylation is 1. The zero-order valence-corrected chi connectivity index (χ0v) is 7.49. The summed E-state index contributed by atoms with van der Waals surface area (Å²) in [5.74, 6) is 0.349. The van der Waals surface area contributed by atoms with Crippen LogP contribution in [0.1, 0.15) is 5.89 Å². The van der Waals surface area contributed by atoms with Crippen molar-refractivity contribution < 1.29 is 8.81 Å². The molecule has 2 N–H and O–H groups in total. The van der Waals surface area contributed by atoms with Crippen molar-refractivity contribution in [2.75, 3.05) is 5.73 Å². The SMILES string of the molecule is Cc1nnc(-c2ccc(F)c(N)c2)o1. The summed E-state index contributed by atoms with van der Waals surface area (Å²) in [6, 6.07) is 4.27. The smallest absolute Gasteiger partial charge is 0.247 e. The molecule has 4 nitrogen and oxygen atoms in total. The van der Waals surface area contributed by atoms with Gasteiger partial charge in [-0.2, -0.15) is 0 Å². The molecule has 0 saturated heterocycles. The first-order valence-electron chi connectivity index (χ1n) is 4.02. The minimum atomic E-state index is -0.454. The molecule has 5 heteroatoms. The van der Waals surface area contributed by atoms with Crippen LogP contribution in [0.5, 0.6) is 0 Å². The Balaban J connectivity index is 2.47. The van der Waals surface area contributed by atoms with E-state index in [1.165, 1.54) is 12.1 Å². The van der Waals surface area contributed by atoms with Crippen LogP contribution in [-0.2, 0) is 0 Å². The van der Waals surface area contributed by atoms with Gasteiger partial charge in [-0.05, 0) is 18.2 Å². The van der Waals surface area contributed by atoms with Crippen LogP contribution in [0.3, 0.4) is 0 Å². The van der Waals surface area contributed by atoms with Crippen molar-refractivity contribution in [3.63, 3.8) is 0 Å². The molecule has 0 radical (unpaired) electrons. The molecular weight excluding hydrogens is 185 g/mol. The Morgan fingerprint density at radius 1 is 1.36 bits per heavy atom. The molecule has 0 bridgehead atoms. The lowest BCUT2D eigenvalue weighted by molar-refractivity contribution is 0.532. The summed E-state index contributed by atoms with van der Waals surface area (Å²) in [5, 5.41) is 7.46. The standard InChI is InChI=1S/C9H8FN3O/c1-5-12-13-9(14-5)6-2-3-7(10)8(11)4-6/h2-4H,11H2,1H3. The molecule has 72 valence electrons. The third-order valence-electron chi connectivity index (χ3n) is 1.77. The van der Waals surface area contributed by atoms with Crippen molar-refractivity contribution in [3.8, 4) is 11.5 Å². The van der Waals surface area contributed by atoms with Crippen molar-refractivity contribution in [1.29, 1.82) is 0 Å². The van der Waals surface area contributed by atoms with E-state index in [0.29, 0.717) is 17.3 Å². The molecule has 0 spiro atoms. The Kier molecular flexibility index (Phi) is 1.92. The van der Waals surface area contributed by atoms with Crippen LogP contribution in [0.25, 0.3) is 11.5 Å². The number of aromatic nitrogens is 2. The number of hydrogen-bond acceptors (Lipinski definition) is 4. The fraction of sp³-hybridized carbons (Fsp3) is 0.111. The first-order valence-corrected chi connectivity index (χ1v) is 4.02. The Bertz CT molecular complexity index is 467. The fourth-order valence-electron chi connectivity index (χ4n) is 1.09. The first-order chi connectivity index (χ1) is 6.66. The molecule has 0 fully saturated rings. The van der Waals surface area contributed by atoms with E-state index in [0.717, 1.165) is 0 Å². The number of nitrogens with zero attached hydrogens (tertiary/aromatic N) is 2. The molecule has 0 aliphatic carbocycles. The number of halogens is 1. The molecule has 0 atom stereocenters. The molecule has 2 aromatic rings. The van der Waals surface area contributed by atoms with Crippen LogP contribution in [0, 0.1) is 12.7 Å². The van der Waals surface area contributed by atoms with Crippen LogP contribution in [0.4, 0.5) is 10.1 Å². The highest BCUT2D eigenvalue weighted by atomic mass is 19.1. The fourth-order valence-corrected chi connectivity index (χ4v) is 1.09. The minimum absolute atomic E-state index is 0.0679. The van der Waals surface area contributed by atoms with Crippen molar-refractivity contribution in [3.05, 3.63) is 29.9 Å². The quantitative estimate of drug-likeness (QED) is 0.701. The maximum atomic E-state index is 12.8. The molecule has 14 heavy (non-hydrogen) atoms. The van der Waals surface area contributed by atoms with Crippen LogP contribution in [-0.4, -0.2) is 10.2 Å². The van der Waals surface area contributed by atoms with Crippen LogP contribution in [0.15, 0.2) is 22.6 Å². The Morgan fingerprint density at radius 2 is 2.14 bits per heavy atom. The second-order valence-electron chi connectivity index (χ2n) is 2.86. The zero-order chi connectivity index (χ0) is 10.1. The predicted octanol–water partition coefficient (Wildman–Crippen LogP) is 1.77. The third-order valence-corrected chi connectivity index (χ3v) is 1.77. The number of benzene rings is 1. The average molecular weight is 193 g/mol. The Labute approximate surface area is 79.6 Å². The topological polar surface area (TPSA) is 64.9 Å². The number of nitrogen functional groups attached to an aromatic ring is 1. The summed E-state index contributed by atoms with van der Waals surface area (Å²) in [7, 11) is 0. The van der Waals surface area contributed by atoms with Crippen LogP contribution < -0.4 is 5.73 Å². The number of anilines is 1. The van der Waals surface area contributed by atoms with E-state index in [4.69, 9.17) is 10.2 Å². The average Bonchev–Trinajstić information content (AvgIpc) is 2.57. The van der Waals surface area contributed by atoms with E-state index in [1.54, 1.807) is 13.0 Å². The molecule has 1 aromatic carbocycles. The summed E-state index contributed by atoms with van der Waals surface area (Å²) < 4.78 is 18.0. The minimum Gasteiger partial charge on any atom is -0.421 e. The van der Waals surface area contributed by atoms with Gasteiger partial charge in [0, 0.05) is 12.5 Å². The molecule has 2 rings (SSSR count). The summed E-state index contributed by atoms with van der Waals surface area (Å²) in [5.41, 5.74) is 6.08. The van der Waals surface area contributed by atoms with Crippen molar-refractivity contribution in [2.24, 2.45) is 0 Å². The first kappa shape index (κ1) is 8.68. The van der Waals surface area contributed by atoms with Gasteiger partial charge in [0.15, 0.2) is 0 Å². The molecule has 1 heterocycles. The second-order valence-corrected chi connectivity index (χ2v) is 2.86. The monoisotopic (exact) mass is 193 g/mol. The van der Waals surface area contributed by atoms with Gasteiger partial charge in [-0.3, -0.25) is 0 Å². The van der Waals surface area contributed by atoms with Crippen LogP contribution in [0.2, 0.25) is 0 Å². The highest BCUT2D eigenvalue weighted by Crippen LogP contribution is 2.21. The van der Waals surface area contributed by atoms with Crippen molar-refractivity contribution >= 4 is 5.69 Å². The number of rotatable bonds is 1. The van der Waals surface area contributed by atoms with Gasteiger partial charge in [0.1, 0.15) is 5.82 Å². The molecule has 0 unspecified atom stereocenters. The summed E-state index contributed by atoms with van der Waals surface area (Å²) >= 11 is 0. The molecule has 0 aliphatic rings. The lowest BCUT2D eigenvalue weighted by atomic mass is 10.2. The normalized spacial score (nSPS) is 10.4. The summed E-state index contributed by atoms with van der Waals surface area (Å²) in [6.07, 6.45) is 0. The maximum absolute atomic E-state index is 12.8. The van der Waals surface area contributed by atoms with Crippen molar-refractivity contribution in [2.45, 2.75) is 6.92 Å². The van der Waals surface area contributed by atoms with E-state index in [2.05, 4.69) is 10.2 Å². The van der Waals surface area contributed by atoms with E-state index < -0.39 is 5.82 Å².